The molecule has 0 saturated carbocycles. The first kappa shape index (κ1) is 13.5. The molecule has 1 unspecified atom stereocenters. The van der Waals surface area contributed by atoms with Crippen molar-refractivity contribution < 1.29 is 4.92 Å². The summed E-state index contributed by atoms with van der Waals surface area (Å²) in [6.45, 7) is 2.06. The Morgan fingerprint density at radius 3 is 2.86 bits per heavy atom. The van der Waals surface area contributed by atoms with E-state index in [-0.39, 0.29) is 16.7 Å². The lowest BCUT2D eigenvalue weighted by Crippen LogP contribution is -2.06. The number of fused-ring (bicyclic) bond motifs is 1. The molecule has 0 fully saturated rings. The number of nitrogens with one attached hydrogen (secondary N) is 1. The molecule has 2 aromatic heterocycles. The van der Waals surface area contributed by atoms with E-state index in [0.717, 1.165) is 5.69 Å². The van der Waals surface area contributed by atoms with Crippen molar-refractivity contribution in [1.29, 1.82) is 0 Å². The normalized spacial score (nSPS) is 12.2. The minimum Gasteiger partial charge on any atom is -0.376 e. The molecular formula is C15H13N3O2S. The van der Waals surface area contributed by atoms with Gasteiger partial charge in [-0.15, -0.1) is 11.3 Å². The van der Waals surface area contributed by atoms with Crippen LogP contribution in [0, 0.1) is 10.1 Å². The number of nitro benzene ring substituents is 1. The van der Waals surface area contributed by atoms with Gasteiger partial charge < -0.3 is 5.32 Å². The predicted octanol–water partition coefficient (Wildman–Crippen LogP) is 4.38. The van der Waals surface area contributed by atoms with Gasteiger partial charge in [-0.2, -0.15) is 0 Å². The molecule has 106 valence electrons. The number of non-ortho nitro benzene ring substituents is 1. The molecule has 0 aliphatic carbocycles. The lowest BCUT2D eigenvalue weighted by molar-refractivity contribution is -0.383. The summed E-state index contributed by atoms with van der Waals surface area (Å²) in [7, 11) is 0. The molecule has 1 atom stereocenters. The predicted molar refractivity (Wildman–Crippen MR) is 84.8 cm³/mol. The molecule has 0 amide bonds. The molecule has 6 heteroatoms. The zero-order valence-electron chi connectivity index (χ0n) is 11.3. The van der Waals surface area contributed by atoms with E-state index < -0.39 is 0 Å². The number of thiophene rings is 1. The Kier molecular flexibility index (Phi) is 3.53. The number of hydrogen-bond donors (Lipinski definition) is 1. The molecule has 0 saturated heterocycles. The van der Waals surface area contributed by atoms with E-state index in [9.17, 15) is 10.1 Å². The molecule has 2 heterocycles. The van der Waals surface area contributed by atoms with Crippen molar-refractivity contribution >= 4 is 33.6 Å². The molecule has 0 spiro atoms. The fourth-order valence-electron chi connectivity index (χ4n) is 2.28. The first-order chi connectivity index (χ1) is 10.2. The molecule has 0 radical (unpaired) electrons. The van der Waals surface area contributed by atoms with Crippen LogP contribution in [-0.2, 0) is 0 Å². The standard InChI is InChI=1S/C15H13N3O2S/c1-10(14-5-3-9-21-14)17-12-6-7-13(18(19)20)11-4-2-8-16-15(11)12/h2-10,17H,1H3. The van der Waals surface area contributed by atoms with Crippen LogP contribution < -0.4 is 5.32 Å². The Morgan fingerprint density at radius 1 is 1.29 bits per heavy atom. The third-order valence-electron chi connectivity index (χ3n) is 3.29. The molecule has 1 aromatic carbocycles. The van der Waals surface area contributed by atoms with Gasteiger partial charge in [-0.25, -0.2) is 0 Å². The maximum absolute atomic E-state index is 11.1. The molecule has 21 heavy (non-hydrogen) atoms. The second kappa shape index (κ2) is 5.49. The van der Waals surface area contributed by atoms with Crippen molar-refractivity contribution in [3.05, 3.63) is 63.0 Å². The second-order valence-corrected chi connectivity index (χ2v) is 5.65. The van der Waals surface area contributed by atoms with E-state index >= 15 is 0 Å². The summed E-state index contributed by atoms with van der Waals surface area (Å²) < 4.78 is 0. The number of benzene rings is 1. The van der Waals surface area contributed by atoms with Crippen molar-refractivity contribution in [1.82, 2.24) is 4.98 Å². The minimum absolute atomic E-state index is 0.0763. The van der Waals surface area contributed by atoms with Gasteiger partial charge in [-0.3, -0.25) is 15.1 Å². The van der Waals surface area contributed by atoms with Crippen LogP contribution in [0.4, 0.5) is 11.4 Å². The topological polar surface area (TPSA) is 68.1 Å². The SMILES string of the molecule is CC(Nc1ccc([N+](=O)[O-])c2cccnc12)c1cccs1. The fraction of sp³-hybridized carbons (Fsp3) is 0.133. The van der Waals surface area contributed by atoms with Crippen molar-refractivity contribution in [3.8, 4) is 0 Å². The van der Waals surface area contributed by atoms with Gasteiger partial charge in [0.05, 0.1) is 22.0 Å². The van der Waals surface area contributed by atoms with E-state index in [4.69, 9.17) is 0 Å². The van der Waals surface area contributed by atoms with Gasteiger partial charge in [-0.1, -0.05) is 6.07 Å². The van der Waals surface area contributed by atoms with E-state index in [1.807, 2.05) is 11.4 Å². The maximum atomic E-state index is 11.1. The van der Waals surface area contributed by atoms with Crippen molar-refractivity contribution in [2.24, 2.45) is 0 Å². The highest BCUT2D eigenvalue weighted by Crippen LogP contribution is 2.32. The average Bonchev–Trinajstić information content (AvgIpc) is 3.01. The minimum atomic E-state index is -0.378. The maximum Gasteiger partial charge on any atom is 0.278 e. The number of rotatable bonds is 4. The smallest absolute Gasteiger partial charge is 0.278 e. The number of hydrogen-bond acceptors (Lipinski definition) is 5. The van der Waals surface area contributed by atoms with Gasteiger partial charge in [0.15, 0.2) is 0 Å². The van der Waals surface area contributed by atoms with Gasteiger partial charge in [0.1, 0.15) is 5.52 Å². The van der Waals surface area contributed by atoms with Crippen LogP contribution in [0.25, 0.3) is 10.9 Å². The van der Waals surface area contributed by atoms with Gasteiger partial charge in [0.25, 0.3) is 5.69 Å². The van der Waals surface area contributed by atoms with E-state index in [0.29, 0.717) is 10.9 Å². The Hall–Kier alpha value is -2.47. The molecule has 3 rings (SSSR count). The third-order valence-corrected chi connectivity index (χ3v) is 4.34. The van der Waals surface area contributed by atoms with Crippen LogP contribution in [-0.4, -0.2) is 9.91 Å². The van der Waals surface area contributed by atoms with Gasteiger partial charge in [0.2, 0.25) is 0 Å². The summed E-state index contributed by atoms with van der Waals surface area (Å²) >= 11 is 1.67. The molecule has 3 aromatic rings. The molecule has 0 aliphatic heterocycles. The van der Waals surface area contributed by atoms with Crippen molar-refractivity contribution in [3.63, 3.8) is 0 Å². The number of aromatic nitrogens is 1. The Bertz CT molecular complexity index is 787. The molecule has 1 N–H and O–H groups in total. The fourth-order valence-corrected chi connectivity index (χ4v) is 3.01. The Balaban J connectivity index is 2.04. The highest BCUT2D eigenvalue weighted by molar-refractivity contribution is 7.10. The Labute approximate surface area is 125 Å². The average molecular weight is 299 g/mol. The zero-order chi connectivity index (χ0) is 14.8. The first-order valence-electron chi connectivity index (χ1n) is 6.49. The Morgan fingerprint density at radius 2 is 2.14 bits per heavy atom. The first-order valence-corrected chi connectivity index (χ1v) is 7.37. The van der Waals surface area contributed by atoms with E-state index in [2.05, 4.69) is 23.3 Å². The second-order valence-electron chi connectivity index (χ2n) is 4.67. The summed E-state index contributed by atoms with van der Waals surface area (Å²) in [4.78, 5) is 16.2. The van der Waals surface area contributed by atoms with Gasteiger partial charge >= 0.3 is 0 Å². The summed E-state index contributed by atoms with van der Waals surface area (Å²) in [5, 5.41) is 17.0. The molecule has 0 aliphatic rings. The summed E-state index contributed by atoms with van der Waals surface area (Å²) in [5.74, 6) is 0. The lowest BCUT2D eigenvalue weighted by Gasteiger charge is -2.15. The van der Waals surface area contributed by atoms with Crippen LogP contribution in [0.1, 0.15) is 17.8 Å². The number of pyridine rings is 1. The molecule has 0 bridgehead atoms. The highest BCUT2D eigenvalue weighted by Gasteiger charge is 2.16. The number of nitrogens with zero attached hydrogens (tertiary/aromatic N) is 2. The zero-order valence-corrected chi connectivity index (χ0v) is 12.1. The number of anilines is 1. The summed E-state index contributed by atoms with van der Waals surface area (Å²) in [6.07, 6.45) is 1.65. The van der Waals surface area contributed by atoms with E-state index in [1.165, 1.54) is 10.9 Å². The van der Waals surface area contributed by atoms with Crippen LogP contribution in [0.3, 0.4) is 0 Å². The highest BCUT2D eigenvalue weighted by atomic mass is 32.1. The van der Waals surface area contributed by atoms with Gasteiger partial charge in [-0.05, 0) is 36.6 Å². The monoisotopic (exact) mass is 299 g/mol. The van der Waals surface area contributed by atoms with Crippen LogP contribution in [0.5, 0.6) is 0 Å². The molecular weight excluding hydrogens is 286 g/mol. The van der Waals surface area contributed by atoms with Crippen LogP contribution in [0.15, 0.2) is 48.0 Å². The van der Waals surface area contributed by atoms with Crippen molar-refractivity contribution in [2.75, 3.05) is 5.32 Å². The molecule has 5 nitrogen and oxygen atoms in total. The quantitative estimate of drug-likeness (QED) is 0.573. The van der Waals surface area contributed by atoms with Crippen molar-refractivity contribution in [2.45, 2.75) is 13.0 Å². The summed E-state index contributed by atoms with van der Waals surface area (Å²) in [5.41, 5.74) is 1.50. The number of nitro groups is 1. The third kappa shape index (κ3) is 2.57. The van der Waals surface area contributed by atoms with Crippen LogP contribution >= 0.6 is 11.3 Å². The van der Waals surface area contributed by atoms with Crippen LogP contribution in [0.2, 0.25) is 0 Å². The largest absolute Gasteiger partial charge is 0.376 e. The lowest BCUT2D eigenvalue weighted by atomic mass is 10.1. The van der Waals surface area contributed by atoms with E-state index in [1.54, 1.807) is 35.7 Å². The van der Waals surface area contributed by atoms with Gasteiger partial charge in [0, 0.05) is 17.1 Å². The summed E-state index contributed by atoms with van der Waals surface area (Å²) in [6, 6.07) is 10.9.